The van der Waals surface area contributed by atoms with E-state index in [1.165, 1.54) is 0 Å². The Labute approximate surface area is 140 Å². The van der Waals surface area contributed by atoms with Gasteiger partial charge in [-0.15, -0.1) is 0 Å². The van der Waals surface area contributed by atoms with E-state index in [9.17, 15) is 4.79 Å². The van der Waals surface area contributed by atoms with E-state index in [0.29, 0.717) is 11.4 Å². The van der Waals surface area contributed by atoms with Crippen molar-refractivity contribution in [3.8, 4) is 16.9 Å². The van der Waals surface area contributed by atoms with Crippen LogP contribution in [0.25, 0.3) is 11.1 Å². The molecule has 0 saturated heterocycles. The monoisotopic (exact) mass is 319 g/mol. The van der Waals surface area contributed by atoms with E-state index in [0.717, 1.165) is 16.8 Å². The second-order valence-corrected chi connectivity index (χ2v) is 5.24. The number of carbonyl (C=O) groups excluding carboxylic acids is 1. The SMILES string of the molecule is COc1cccc(N(C)C(=O)c2ccc(-c3cccnc3)cn2)c1. The molecule has 5 nitrogen and oxygen atoms in total. The number of anilines is 1. The summed E-state index contributed by atoms with van der Waals surface area (Å²) in [5.41, 5.74) is 3.01. The van der Waals surface area contributed by atoms with Crippen molar-refractivity contribution < 1.29 is 9.53 Å². The van der Waals surface area contributed by atoms with Crippen LogP contribution in [0.5, 0.6) is 5.75 Å². The minimum absolute atomic E-state index is 0.180. The summed E-state index contributed by atoms with van der Waals surface area (Å²) in [6.45, 7) is 0. The molecule has 2 heterocycles. The van der Waals surface area contributed by atoms with Gasteiger partial charge in [0.15, 0.2) is 0 Å². The second kappa shape index (κ2) is 6.91. The van der Waals surface area contributed by atoms with Gasteiger partial charge in [-0.3, -0.25) is 14.8 Å². The summed E-state index contributed by atoms with van der Waals surface area (Å²) in [4.78, 5) is 22.5. The zero-order chi connectivity index (χ0) is 16.9. The molecule has 120 valence electrons. The van der Waals surface area contributed by atoms with Gasteiger partial charge >= 0.3 is 0 Å². The fourth-order valence-corrected chi connectivity index (χ4v) is 2.33. The van der Waals surface area contributed by atoms with Crippen LogP contribution < -0.4 is 9.64 Å². The quantitative estimate of drug-likeness (QED) is 0.739. The minimum atomic E-state index is -0.180. The first-order chi connectivity index (χ1) is 11.7. The molecule has 0 radical (unpaired) electrons. The topological polar surface area (TPSA) is 55.3 Å². The number of methoxy groups -OCH3 is 1. The molecule has 0 atom stereocenters. The minimum Gasteiger partial charge on any atom is -0.497 e. The van der Waals surface area contributed by atoms with Gasteiger partial charge in [0.2, 0.25) is 0 Å². The third-order valence-electron chi connectivity index (χ3n) is 3.72. The number of benzene rings is 1. The van der Waals surface area contributed by atoms with Gasteiger partial charge in [-0.1, -0.05) is 18.2 Å². The van der Waals surface area contributed by atoms with Crippen molar-refractivity contribution >= 4 is 11.6 Å². The van der Waals surface area contributed by atoms with Gasteiger partial charge in [-0.05, 0) is 24.3 Å². The molecule has 0 bridgehead atoms. The van der Waals surface area contributed by atoms with Crippen molar-refractivity contribution in [3.05, 3.63) is 72.8 Å². The number of amides is 1. The molecular formula is C19H17N3O2. The summed E-state index contributed by atoms with van der Waals surface area (Å²) in [5.74, 6) is 0.521. The first kappa shape index (κ1) is 15.7. The third-order valence-corrected chi connectivity index (χ3v) is 3.72. The summed E-state index contributed by atoms with van der Waals surface area (Å²) in [6.07, 6.45) is 5.17. The molecule has 5 heteroatoms. The molecule has 3 aromatic rings. The van der Waals surface area contributed by atoms with Gasteiger partial charge in [-0.25, -0.2) is 0 Å². The van der Waals surface area contributed by atoms with Crippen LogP contribution in [0.15, 0.2) is 67.1 Å². The number of pyridine rings is 2. The van der Waals surface area contributed by atoms with Crippen LogP contribution in [0.4, 0.5) is 5.69 Å². The number of hydrogen-bond donors (Lipinski definition) is 0. The molecule has 0 aliphatic rings. The van der Waals surface area contributed by atoms with Crippen LogP contribution in [0, 0.1) is 0 Å². The smallest absolute Gasteiger partial charge is 0.276 e. The summed E-state index contributed by atoms with van der Waals surface area (Å²) < 4.78 is 5.20. The Balaban J connectivity index is 1.82. The molecular weight excluding hydrogens is 302 g/mol. The van der Waals surface area contributed by atoms with Crippen LogP contribution in [0.1, 0.15) is 10.5 Å². The van der Waals surface area contributed by atoms with E-state index in [4.69, 9.17) is 4.74 Å². The molecule has 0 unspecified atom stereocenters. The van der Waals surface area contributed by atoms with Crippen LogP contribution >= 0.6 is 0 Å². The Morgan fingerprint density at radius 3 is 2.54 bits per heavy atom. The highest BCUT2D eigenvalue weighted by molar-refractivity contribution is 6.04. The van der Waals surface area contributed by atoms with Crippen LogP contribution in [0.2, 0.25) is 0 Å². The van der Waals surface area contributed by atoms with Crippen molar-refractivity contribution in [2.45, 2.75) is 0 Å². The van der Waals surface area contributed by atoms with Gasteiger partial charge in [0.25, 0.3) is 5.91 Å². The Hall–Kier alpha value is -3.21. The Kier molecular flexibility index (Phi) is 4.52. The highest BCUT2D eigenvalue weighted by atomic mass is 16.5. The summed E-state index contributed by atoms with van der Waals surface area (Å²) in [7, 11) is 3.31. The molecule has 2 aromatic heterocycles. The average Bonchev–Trinajstić information content (AvgIpc) is 2.67. The fourth-order valence-electron chi connectivity index (χ4n) is 2.33. The van der Waals surface area contributed by atoms with Crippen molar-refractivity contribution in [2.24, 2.45) is 0 Å². The maximum Gasteiger partial charge on any atom is 0.276 e. The molecule has 0 aliphatic carbocycles. The van der Waals surface area contributed by atoms with E-state index in [1.54, 1.807) is 43.7 Å². The first-order valence-electron chi connectivity index (χ1n) is 7.47. The van der Waals surface area contributed by atoms with Gasteiger partial charge < -0.3 is 9.64 Å². The first-order valence-corrected chi connectivity index (χ1v) is 7.47. The predicted molar refractivity (Wildman–Crippen MR) is 93.2 cm³/mol. The molecule has 0 aliphatic heterocycles. The Morgan fingerprint density at radius 2 is 1.88 bits per heavy atom. The number of carbonyl (C=O) groups is 1. The van der Waals surface area contributed by atoms with Crippen molar-refractivity contribution in [3.63, 3.8) is 0 Å². The summed E-state index contributed by atoms with van der Waals surface area (Å²) in [5, 5.41) is 0. The predicted octanol–water partition coefficient (Wildman–Crippen LogP) is 3.43. The van der Waals surface area contributed by atoms with Gasteiger partial charge in [-0.2, -0.15) is 0 Å². The van der Waals surface area contributed by atoms with Crippen molar-refractivity contribution in [1.29, 1.82) is 0 Å². The highest BCUT2D eigenvalue weighted by Gasteiger charge is 2.15. The van der Waals surface area contributed by atoms with Gasteiger partial charge in [0.05, 0.1) is 7.11 Å². The second-order valence-electron chi connectivity index (χ2n) is 5.24. The van der Waals surface area contributed by atoms with Crippen LogP contribution in [-0.4, -0.2) is 30.0 Å². The number of rotatable bonds is 4. The van der Waals surface area contributed by atoms with Crippen LogP contribution in [-0.2, 0) is 0 Å². The Morgan fingerprint density at radius 1 is 1.04 bits per heavy atom. The standard InChI is InChI=1S/C19H17N3O2/c1-22(16-6-3-7-17(11-16)24-2)19(23)18-9-8-15(13-21-18)14-5-4-10-20-12-14/h3-13H,1-2H3. The number of hydrogen-bond acceptors (Lipinski definition) is 4. The van der Waals surface area contributed by atoms with Gasteiger partial charge in [0, 0.05) is 48.5 Å². The fraction of sp³-hybridized carbons (Fsp3) is 0.105. The molecule has 1 amide bonds. The molecule has 0 fully saturated rings. The number of ether oxygens (including phenoxy) is 1. The normalized spacial score (nSPS) is 10.2. The maximum atomic E-state index is 12.6. The molecule has 24 heavy (non-hydrogen) atoms. The lowest BCUT2D eigenvalue weighted by Crippen LogP contribution is -2.27. The Bertz CT molecular complexity index is 833. The molecule has 0 saturated carbocycles. The maximum absolute atomic E-state index is 12.6. The van der Waals surface area contributed by atoms with E-state index in [2.05, 4.69) is 9.97 Å². The molecule has 3 rings (SSSR count). The lowest BCUT2D eigenvalue weighted by molar-refractivity contribution is 0.0988. The van der Waals surface area contributed by atoms with E-state index in [1.807, 2.05) is 42.5 Å². The summed E-state index contributed by atoms with van der Waals surface area (Å²) in [6, 6.07) is 14.8. The zero-order valence-corrected chi connectivity index (χ0v) is 13.5. The van der Waals surface area contributed by atoms with Crippen molar-refractivity contribution in [2.75, 3.05) is 19.1 Å². The van der Waals surface area contributed by atoms with E-state index in [-0.39, 0.29) is 5.91 Å². The zero-order valence-electron chi connectivity index (χ0n) is 13.5. The van der Waals surface area contributed by atoms with Crippen molar-refractivity contribution in [1.82, 2.24) is 9.97 Å². The third kappa shape index (κ3) is 3.25. The van der Waals surface area contributed by atoms with Gasteiger partial charge in [0.1, 0.15) is 11.4 Å². The number of nitrogens with zero attached hydrogens (tertiary/aromatic N) is 3. The lowest BCUT2D eigenvalue weighted by atomic mass is 10.1. The molecule has 0 spiro atoms. The number of aromatic nitrogens is 2. The average molecular weight is 319 g/mol. The lowest BCUT2D eigenvalue weighted by Gasteiger charge is -2.17. The highest BCUT2D eigenvalue weighted by Crippen LogP contribution is 2.22. The van der Waals surface area contributed by atoms with E-state index < -0.39 is 0 Å². The van der Waals surface area contributed by atoms with E-state index >= 15 is 0 Å². The summed E-state index contributed by atoms with van der Waals surface area (Å²) >= 11 is 0. The largest absolute Gasteiger partial charge is 0.497 e. The molecule has 1 aromatic carbocycles. The van der Waals surface area contributed by atoms with Crippen LogP contribution in [0.3, 0.4) is 0 Å². The molecule has 0 N–H and O–H groups in total.